The molecule has 0 aromatic heterocycles. The largest absolute Gasteiger partial charge is 0.397 e. The highest BCUT2D eigenvalue weighted by Gasteiger charge is 2.26. The van der Waals surface area contributed by atoms with E-state index in [-0.39, 0.29) is 13.2 Å². The van der Waals surface area contributed by atoms with E-state index in [0.29, 0.717) is 17.8 Å². The molecule has 90 valence electrons. The molecule has 0 unspecified atom stereocenters. The average molecular weight is 289 g/mol. The van der Waals surface area contributed by atoms with Crippen molar-refractivity contribution in [3.05, 3.63) is 22.7 Å². The van der Waals surface area contributed by atoms with Gasteiger partial charge in [-0.1, -0.05) is 22.9 Å². The number of benzene rings is 1. The summed E-state index contributed by atoms with van der Waals surface area (Å²) < 4.78 is 0.894. The lowest BCUT2D eigenvalue weighted by Crippen LogP contribution is -2.45. The monoisotopic (exact) mass is 288 g/mol. The zero-order chi connectivity index (χ0) is 12.2. The van der Waals surface area contributed by atoms with E-state index in [9.17, 15) is 10.2 Å². The molecule has 0 atom stereocenters. The molecular formula is C11H17BrN2O2. The van der Waals surface area contributed by atoms with Crippen LogP contribution in [-0.2, 0) is 0 Å². The lowest BCUT2D eigenvalue weighted by molar-refractivity contribution is 0.132. The number of nitrogens with two attached hydrogens (primary N) is 1. The molecule has 0 aliphatic heterocycles. The lowest BCUT2D eigenvalue weighted by Gasteiger charge is -2.31. The van der Waals surface area contributed by atoms with Crippen molar-refractivity contribution in [1.82, 2.24) is 0 Å². The zero-order valence-electron chi connectivity index (χ0n) is 9.20. The fraction of sp³-hybridized carbons (Fsp3) is 0.455. The molecule has 0 radical (unpaired) electrons. The first-order valence-corrected chi connectivity index (χ1v) is 5.91. The molecule has 1 aromatic rings. The summed E-state index contributed by atoms with van der Waals surface area (Å²) >= 11 is 3.32. The topological polar surface area (TPSA) is 78.5 Å². The van der Waals surface area contributed by atoms with Gasteiger partial charge in [-0.3, -0.25) is 0 Å². The summed E-state index contributed by atoms with van der Waals surface area (Å²) in [6.45, 7) is 1.61. The number of aliphatic hydroxyl groups excluding tert-OH is 2. The van der Waals surface area contributed by atoms with Crippen molar-refractivity contribution in [3.63, 3.8) is 0 Å². The van der Waals surface area contributed by atoms with Crippen molar-refractivity contribution in [2.24, 2.45) is 0 Å². The Kier molecular flexibility index (Phi) is 4.58. The number of anilines is 2. The molecule has 4 nitrogen and oxygen atoms in total. The van der Waals surface area contributed by atoms with E-state index in [1.54, 1.807) is 6.07 Å². The van der Waals surface area contributed by atoms with Gasteiger partial charge in [-0.15, -0.1) is 0 Å². The Morgan fingerprint density at radius 2 is 2.00 bits per heavy atom. The Morgan fingerprint density at radius 1 is 1.38 bits per heavy atom. The summed E-state index contributed by atoms with van der Waals surface area (Å²) in [5, 5.41) is 21.7. The summed E-state index contributed by atoms with van der Waals surface area (Å²) in [5.41, 5.74) is 6.41. The number of nitrogens with one attached hydrogen (secondary N) is 1. The standard InChI is InChI=1S/C11H17BrN2O2/c1-2-11(6-15,7-16)14-10-4-3-8(12)5-9(10)13/h3-5,14-16H,2,6-7,13H2,1H3. The first kappa shape index (κ1) is 13.3. The summed E-state index contributed by atoms with van der Waals surface area (Å²) in [6, 6.07) is 5.44. The van der Waals surface area contributed by atoms with E-state index in [1.165, 1.54) is 0 Å². The van der Waals surface area contributed by atoms with Crippen molar-refractivity contribution in [3.8, 4) is 0 Å². The molecule has 0 fully saturated rings. The molecule has 5 heteroatoms. The van der Waals surface area contributed by atoms with E-state index >= 15 is 0 Å². The average Bonchev–Trinajstić information content (AvgIpc) is 2.29. The fourth-order valence-electron chi connectivity index (χ4n) is 1.37. The number of aliphatic hydroxyl groups is 2. The molecule has 0 saturated heterocycles. The summed E-state index contributed by atoms with van der Waals surface area (Å²) in [6.07, 6.45) is 0.607. The molecule has 0 amide bonds. The number of hydrogen-bond acceptors (Lipinski definition) is 4. The normalized spacial score (nSPS) is 11.5. The van der Waals surface area contributed by atoms with E-state index < -0.39 is 5.54 Å². The molecule has 0 aliphatic rings. The second kappa shape index (κ2) is 5.52. The predicted octanol–water partition coefficient (Wildman–Crippen LogP) is 1.58. The lowest BCUT2D eigenvalue weighted by atomic mass is 9.98. The highest BCUT2D eigenvalue weighted by atomic mass is 79.9. The maximum absolute atomic E-state index is 9.31. The summed E-state index contributed by atoms with van der Waals surface area (Å²) in [7, 11) is 0. The van der Waals surface area contributed by atoms with Crippen LogP contribution in [0.15, 0.2) is 22.7 Å². The molecule has 0 saturated carbocycles. The van der Waals surface area contributed by atoms with Gasteiger partial charge < -0.3 is 21.3 Å². The van der Waals surface area contributed by atoms with Gasteiger partial charge in [-0.05, 0) is 24.6 Å². The highest BCUT2D eigenvalue weighted by molar-refractivity contribution is 9.10. The van der Waals surface area contributed by atoms with Crippen LogP contribution in [0.5, 0.6) is 0 Å². The molecule has 5 N–H and O–H groups in total. The maximum Gasteiger partial charge on any atom is 0.0832 e. The SMILES string of the molecule is CCC(CO)(CO)Nc1ccc(Br)cc1N. The van der Waals surface area contributed by atoms with Crippen molar-refractivity contribution >= 4 is 27.3 Å². The van der Waals surface area contributed by atoms with Crippen LogP contribution in [0.2, 0.25) is 0 Å². The minimum atomic E-state index is -0.720. The Hall–Kier alpha value is -0.780. The van der Waals surface area contributed by atoms with Crippen LogP contribution in [0.3, 0.4) is 0 Å². The third kappa shape index (κ3) is 2.87. The van der Waals surface area contributed by atoms with E-state index in [2.05, 4.69) is 21.2 Å². The Morgan fingerprint density at radius 3 is 2.44 bits per heavy atom. The molecule has 0 bridgehead atoms. The molecule has 0 heterocycles. The molecule has 16 heavy (non-hydrogen) atoms. The zero-order valence-corrected chi connectivity index (χ0v) is 10.8. The van der Waals surface area contributed by atoms with Crippen molar-refractivity contribution < 1.29 is 10.2 Å². The first-order chi connectivity index (χ1) is 7.56. The number of halogens is 1. The van der Waals surface area contributed by atoms with E-state index in [0.717, 1.165) is 4.47 Å². The minimum absolute atomic E-state index is 0.143. The Bertz CT molecular complexity index is 346. The number of hydrogen-bond donors (Lipinski definition) is 4. The van der Waals surface area contributed by atoms with Crippen LogP contribution in [0.4, 0.5) is 11.4 Å². The van der Waals surface area contributed by atoms with Gasteiger partial charge in [-0.25, -0.2) is 0 Å². The van der Waals surface area contributed by atoms with Crippen molar-refractivity contribution in [1.29, 1.82) is 0 Å². The van der Waals surface area contributed by atoms with Crippen LogP contribution in [0.25, 0.3) is 0 Å². The third-order valence-corrected chi connectivity index (χ3v) is 3.19. The molecule has 0 spiro atoms. The van der Waals surface area contributed by atoms with Crippen LogP contribution in [-0.4, -0.2) is 29.0 Å². The van der Waals surface area contributed by atoms with E-state index in [4.69, 9.17) is 5.73 Å². The minimum Gasteiger partial charge on any atom is -0.397 e. The first-order valence-electron chi connectivity index (χ1n) is 5.12. The molecule has 0 aliphatic carbocycles. The van der Waals surface area contributed by atoms with Crippen molar-refractivity contribution in [2.75, 3.05) is 24.3 Å². The van der Waals surface area contributed by atoms with Crippen LogP contribution >= 0.6 is 15.9 Å². The van der Waals surface area contributed by atoms with Gasteiger partial charge in [-0.2, -0.15) is 0 Å². The van der Waals surface area contributed by atoms with Gasteiger partial charge in [0.1, 0.15) is 0 Å². The van der Waals surface area contributed by atoms with Gasteiger partial charge in [0.2, 0.25) is 0 Å². The van der Waals surface area contributed by atoms with Gasteiger partial charge >= 0.3 is 0 Å². The van der Waals surface area contributed by atoms with E-state index in [1.807, 2.05) is 19.1 Å². The third-order valence-electron chi connectivity index (χ3n) is 2.70. The van der Waals surface area contributed by atoms with Gasteiger partial charge in [0.25, 0.3) is 0 Å². The predicted molar refractivity (Wildman–Crippen MR) is 69.4 cm³/mol. The molecule has 1 rings (SSSR count). The van der Waals surface area contributed by atoms with Crippen LogP contribution in [0.1, 0.15) is 13.3 Å². The van der Waals surface area contributed by atoms with Crippen LogP contribution < -0.4 is 11.1 Å². The molecular weight excluding hydrogens is 272 g/mol. The summed E-state index contributed by atoms with van der Waals surface area (Å²) in [4.78, 5) is 0. The second-order valence-electron chi connectivity index (χ2n) is 3.81. The van der Waals surface area contributed by atoms with Gasteiger partial charge in [0.15, 0.2) is 0 Å². The second-order valence-corrected chi connectivity index (χ2v) is 4.72. The Balaban J connectivity index is 2.93. The summed E-state index contributed by atoms with van der Waals surface area (Å²) in [5.74, 6) is 0. The van der Waals surface area contributed by atoms with Gasteiger partial charge in [0.05, 0.1) is 30.1 Å². The fourth-order valence-corrected chi connectivity index (χ4v) is 1.75. The van der Waals surface area contributed by atoms with Crippen LogP contribution in [0, 0.1) is 0 Å². The smallest absolute Gasteiger partial charge is 0.0832 e. The number of rotatable bonds is 5. The Labute approximate surface area is 104 Å². The maximum atomic E-state index is 9.31. The van der Waals surface area contributed by atoms with Gasteiger partial charge in [0, 0.05) is 4.47 Å². The number of nitrogen functional groups attached to an aromatic ring is 1. The quantitative estimate of drug-likeness (QED) is 0.621. The highest BCUT2D eigenvalue weighted by Crippen LogP contribution is 2.26. The van der Waals surface area contributed by atoms with Crippen molar-refractivity contribution in [2.45, 2.75) is 18.9 Å². The molecule has 1 aromatic carbocycles.